The SMILES string of the molecule is Cl.O=C(Nc1cccc(CC(F)(F)F)c1)C1CC(O)CN1. The van der Waals surface area contributed by atoms with Gasteiger partial charge in [-0.2, -0.15) is 13.2 Å². The van der Waals surface area contributed by atoms with Gasteiger partial charge in [-0.15, -0.1) is 12.4 Å². The number of rotatable bonds is 3. The van der Waals surface area contributed by atoms with E-state index in [2.05, 4.69) is 10.6 Å². The predicted molar refractivity (Wildman–Crippen MR) is 74.5 cm³/mol. The predicted octanol–water partition coefficient (Wildman–Crippen LogP) is 1.87. The van der Waals surface area contributed by atoms with E-state index in [0.29, 0.717) is 18.7 Å². The molecule has 118 valence electrons. The summed E-state index contributed by atoms with van der Waals surface area (Å²) < 4.78 is 36.9. The Labute approximate surface area is 126 Å². The van der Waals surface area contributed by atoms with E-state index < -0.39 is 24.7 Å². The average Bonchev–Trinajstić information content (AvgIpc) is 2.74. The van der Waals surface area contributed by atoms with E-state index in [1.54, 1.807) is 0 Å². The highest BCUT2D eigenvalue weighted by Gasteiger charge is 2.29. The van der Waals surface area contributed by atoms with Crippen molar-refractivity contribution in [3.63, 3.8) is 0 Å². The second-order valence-electron chi connectivity index (χ2n) is 4.83. The van der Waals surface area contributed by atoms with Crippen molar-refractivity contribution >= 4 is 24.0 Å². The summed E-state index contributed by atoms with van der Waals surface area (Å²) in [5.74, 6) is -0.356. The summed E-state index contributed by atoms with van der Waals surface area (Å²) in [5, 5.41) is 14.7. The Morgan fingerprint density at radius 1 is 1.43 bits per heavy atom. The Hall–Kier alpha value is -1.31. The Balaban J connectivity index is 0.00000220. The zero-order valence-corrected chi connectivity index (χ0v) is 11.8. The van der Waals surface area contributed by atoms with Gasteiger partial charge in [-0.05, 0) is 24.1 Å². The molecule has 0 aromatic heterocycles. The molecule has 2 rings (SSSR count). The first-order chi connectivity index (χ1) is 9.33. The lowest BCUT2D eigenvalue weighted by molar-refractivity contribution is -0.127. The minimum atomic E-state index is -4.28. The summed E-state index contributed by atoms with van der Waals surface area (Å²) >= 11 is 0. The van der Waals surface area contributed by atoms with Crippen LogP contribution in [-0.2, 0) is 11.2 Å². The van der Waals surface area contributed by atoms with Gasteiger partial charge in [0.05, 0.1) is 18.6 Å². The molecular weight excluding hydrogens is 309 g/mol. The molecule has 2 atom stereocenters. The first-order valence-corrected chi connectivity index (χ1v) is 6.21. The van der Waals surface area contributed by atoms with Crippen molar-refractivity contribution in [2.24, 2.45) is 0 Å². The summed E-state index contributed by atoms with van der Waals surface area (Å²) in [6.07, 6.45) is -5.58. The van der Waals surface area contributed by atoms with Crippen LogP contribution in [0.1, 0.15) is 12.0 Å². The van der Waals surface area contributed by atoms with Crippen LogP contribution in [0, 0.1) is 0 Å². The summed E-state index contributed by atoms with van der Waals surface area (Å²) in [6.45, 7) is 0.339. The highest BCUT2D eigenvalue weighted by molar-refractivity contribution is 5.95. The van der Waals surface area contributed by atoms with Crippen LogP contribution >= 0.6 is 12.4 Å². The molecule has 1 heterocycles. The minimum absolute atomic E-state index is 0. The molecule has 0 radical (unpaired) electrons. The van der Waals surface area contributed by atoms with Gasteiger partial charge in [0.15, 0.2) is 0 Å². The molecule has 0 saturated carbocycles. The van der Waals surface area contributed by atoms with Gasteiger partial charge in [0.2, 0.25) is 5.91 Å². The molecule has 1 fully saturated rings. The lowest BCUT2D eigenvalue weighted by Gasteiger charge is -2.12. The number of hydrogen-bond acceptors (Lipinski definition) is 3. The van der Waals surface area contributed by atoms with Gasteiger partial charge < -0.3 is 15.7 Å². The number of nitrogens with one attached hydrogen (secondary N) is 2. The third-order valence-corrected chi connectivity index (χ3v) is 3.02. The maximum Gasteiger partial charge on any atom is 0.393 e. The van der Waals surface area contributed by atoms with Gasteiger partial charge in [0.1, 0.15) is 0 Å². The molecule has 2 unspecified atom stereocenters. The molecule has 0 spiro atoms. The molecule has 0 bridgehead atoms. The number of anilines is 1. The van der Waals surface area contributed by atoms with Crippen molar-refractivity contribution in [2.45, 2.75) is 31.2 Å². The fraction of sp³-hybridized carbons (Fsp3) is 0.462. The lowest BCUT2D eigenvalue weighted by atomic mass is 10.1. The number of amides is 1. The highest BCUT2D eigenvalue weighted by atomic mass is 35.5. The normalized spacial score (nSPS) is 21.7. The highest BCUT2D eigenvalue weighted by Crippen LogP contribution is 2.23. The Bertz CT molecular complexity index is 497. The molecule has 1 aromatic rings. The molecule has 1 aliphatic rings. The standard InChI is InChI=1S/C13H15F3N2O2.ClH/c14-13(15,16)6-8-2-1-3-9(4-8)18-12(20)11-5-10(19)7-17-11;/h1-4,10-11,17,19H,5-7H2,(H,18,20);1H. The summed E-state index contributed by atoms with van der Waals surface area (Å²) in [4.78, 5) is 11.8. The number of alkyl halides is 3. The third kappa shape index (κ3) is 5.53. The summed E-state index contributed by atoms with van der Waals surface area (Å²) in [6, 6.07) is 5.14. The van der Waals surface area contributed by atoms with E-state index >= 15 is 0 Å². The average molecular weight is 325 g/mol. The molecule has 3 N–H and O–H groups in total. The van der Waals surface area contributed by atoms with Crippen molar-refractivity contribution in [1.29, 1.82) is 0 Å². The molecule has 1 saturated heterocycles. The van der Waals surface area contributed by atoms with Crippen LogP contribution in [0.3, 0.4) is 0 Å². The van der Waals surface area contributed by atoms with Gasteiger partial charge in [-0.1, -0.05) is 12.1 Å². The van der Waals surface area contributed by atoms with Crippen molar-refractivity contribution < 1.29 is 23.1 Å². The van der Waals surface area contributed by atoms with Crippen LogP contribution in [0.5, 0.6) is 0 Å². The molecular formula is C13H16ClF3N2O2. The fourth-order valence-electron chi connectivity index (χ4n) is 2.14. The number of hydrogen-bond donors (Lipinski definition) is 3. The number of carbonyl (C=O) groups is 1. The Morgan fingerprint density at radius 3 is 2.71 bits per heavy atom. The van der Waals surface area contributed by atoms with Crippen LogP contribution < -0.4 is 10.6 Å². The molecule has 8 heteroatoms. The summed E-state index contributed by atoms with van der Waals surface area (Å²) in [5.41, 5.74) is 0.412. The van der Waals surface area contributed by atoms with Crippen LogP contribution in [0.15, 0.2) is 24.3 Å². The van der Waals surface area contributed by atoms with Crippen molar-refractivity contribution in [1.82, 2.24) is 5.32 Å². The quantitative estimate of drug-likeness (QED) is 0.795. The van der Waals surface area contributed by atoms with Gasteiger partial charge in [-0.25, -0.2) is 0 Å². The van der Waals surface area contributed by atoms with Crippen LogP contribution in [0.25, 0.3) is 0 Å². The van der Waals surface area contributed by atoms with E-state index in [-0.39, 0.29) is 23.9 Å². The van der Waals surface area contributed by atoms with Gasteiger partial charge in [-0.3, -0.25) is 4.79 Å². The topological polar surface area (TPSA) is 61.4 Å². The maximum absolute atomic E-state index is 12.3. The van der Waals surface area contributed by atoms with Crippen molar-refractivity contribution in [3.8, 4) is 0 Å². The van der Waals surface area contributed by atoms with Crippen LogP contribution in [0.4, 0.5) is 18.9 Å². The van der Waals surface area contributed by atoms with E-state index in [9.17, 15) is 23.1 Å². The molecule has 1 aliphatic heterocycles. The van der Waals surface area contributed by atoms with Gasteiger partial charge in [0, 0.05) is 12.2 Å². The molecule has 0 aliphatic carbocycles. The number of aliphatic hydroxyl groups excluding tert-OH is 1. The number of aliphatic hydroxyl groups is 1. The van der Waals surface area contributed by atoms with Gasteiger partial charge >= 0.3 is 6.18 Å². The third-order valence-electron chi connectivity index (χ3n) is 3.02. The lowest BCUT2D eigenvalue weighted by Crippen LogP contribution is -2.35. The van der Waals surface area contributed by atoms with Crippen LogP contribution in [-0.4, -0.2) is 35.9 Å². The van der Waals surface area contributed by atoms with Crippen molar-refractivity contribution in [3.05, 3.63) is 29.8 Å². The Morgan fingerprint density at radius 2 is 2.14 bits per heavy atom. The maximum atomic E-state index is 12.3. The van der Waals surface area contributed by atoms with E-state index in [1.165, 1.54) is 24.3 Å². The second kappa shape index (κ2) is 7.11. The van der Waals surface area contributed by atoms with Crippen molar-refractivity contribution in [2.75, 3.05) is 11.9 Å². The monoisotopic (exact) mass is 324 g/mol. The van der Waals surface area contributed by atoms with E-state index in [4.69, 9.17) is 0 Å². The largest absolute Gasteiger partial charge is 0.393 e. The number of halogens is 4. The van der Waals surface area contributed by atoms with E-state index in [1.807, 2.05) is 0 Å². The fourth-order valence-corrected chi connectivity index (χ4v) is 2.14. The molecule has 4 nitrogen and oxygen atoms in total. The van der Waals surface area contributed by atoms with E-state index in [0.717, 1.165) is 0 Å². The number of carbonyl (C=O) groups excluding carboxylic acids is 1. The molecule has 1 aromatic carbocycles. The first kappa shape index (κ1) is 17.7. The molecule has 21 heavy (non-hydrogen) atoms. The number of β-amino-alcohol motifs (C(OH)–C–C–N with tert-alkyl or cyclic N) is 1. The Kier molecular flexibility index (Phi) is 6.00. The minimum Gasteiger partial charge on any atom is -0.392 e. The number of benzene rings is 1. The van der Waals surface area contributed by atoms with Gasteiger partial charge in [0.25, 0.3) is 0 Å². The first-order valence-electron chi connectivity index (χ1n) is 6.21. The smallest absolute Gasteiger partial charge is 0.392 e. The zero-order valence-electron chi connectivity index (χ0n) is 11.0. The van der Waals surface area contributed by atoms with Crippen LogP contribution in [0.2, 0.25) is 0 Å². The second-order valence-corrected chi connectivity index (χ2v) is 4.83. The molecule has 1 amide bonds. The zero-order chi connectivity index (χ0) is 14.8. The summed E-state index contributed by atoms with van der Waals surface area (Å²) in [7, 11) is 0.